The number of thiophene rings is 1. The molecule has 0 radical (unpaired) electrons. The van der Waals surface area contributed by atoms with Crippen LogP contribution in [0.1, 0.15) is 11.1 Å². The van der Waals surface area contributed by atoms with Gasteiger partial charge in [-0.1, -0.05) is 6.07 Å². The molecular weight excluding hydrogens is 336 g/mol. The van der Waals surface area contributed by atoms with Gasteiger partial charge in [-0.3, -0.25) is 4.72 Å². The topological polar surface area (TPSA) is 59.1 Å². The summed E-state index contributed by atoms with van der Waals surface area (Å²) in [5.41, 5.74) is 1.69. The molecule has 0 atom stereocenters. The van der Waals surface area contributed by atoms with Crippen molar-refractivity contribution in [2.24, 2.45) is 0 Å². The van der Waals surface area contributed by atoms with Gasteiger partial charge in [-0.15, -0.1) is 11.3 Å². The Labute approximate surface area is 118 Å². The summed E-state index contributed by atoms with van der Waals surface area (Å²) in [4.78, 5) is 4.02. The van der Waals surface area contributed by atoms with Crippen molar-refractivity contribution in [3.63, 3.8) is 0 Å². The van der Waals surface area contributed by atoms with Crippen molar-refractivity contribution in [2.45, 2.75) is 18.1 Å². The first kappa shape index (κ1) is 13.5. The van der Waals surface area contributed by atoms with E-state index in [1.165, 1.54) is 11.3 Å². The predicted octanol–water partition coefficient (Wildman–Crippen LogP) is 3.32. The lowest BCUT2D eigenvalue weighted by Crippen LogP contribution is -2.13. The summed E-state index contributed by atoms with van der Waals surface area (Å²) >= 11 is 4.50. The Morgan fingerprint density at radius 3 is 2.61 bits per heavy atom. The van der Waals surface area contributed by atoms with Gasteiger partial charge in [0.15, 0.2) is 0 Å². The number of anilines is 1. The summed E-state index contributed by atoms with van der Waals surface area (Å²) < 4.78 is 27.9. The Bertz CT molecular complexity index is 661. The lowest BCUT2D eigenvalue weighted by molar-refractivity contribution is 0.603. The second-order valence-corrected chi connectivity index (χ2v) is 8.08. The molecule has 0 saturated heterocycles. The molecule has 0 spiro atoms. The van der Waals surface area contributed by atoms with Gasteiger partial charge in [0.25, 0.3) is 10.0 Å². The van der Waals surface area contributed by atoms with E-state index in [9.17, 15) is 8.42 Å². The van der Waals surface area contributed by atoms with Gasteiger partial charge in [0.2, 0.25) is 0 Å². The lowest BCUT2D eigenvalue weighted by Gasteiger charge is -2.07. The van der Waals surface area contributed by atoms with Gasteiger partial charge in [0.1, 0.15) is 10.0 Å². The van der Waals surface area contributed by atoms with Crippen LogP contribution in [-0.4, -0.2) is 13.4 Å². The first-order chi connectivity index (χ1) is 8.40. The van der Waals surface area contributed by atoms with Crippen LogP contribution in [0.5, 0.6) is 0 Å². The average Bonchev–Trinajstić information content (AvgIpc) is 2.63. The number of rotatable bonds is 3. The molecule has 0 aliphatic rings. The summed E-state index contributed by atoms with van der Waals surface area (Å²) in [5, 5.41) is 0. The summed E-state index contributed by atoms with van der Waals surface area (Å²) in [7, 11) is -3.56. The van der Waals surface area contributed by atoms with Crippen LogP contribution in [0, 0.1) is 13.8 Å². The van der Waals surface area contributed by atoms with E-state index in [0.717, 1.165) is 14.9 Å². The minimum absolute atomic E-state index is 0.275. The molecule has 2 aromatic rings. The van der Waals surface area contributed by atoms with E-state index < -0.39 is 10.0 Å². The molecule has 7 heteroatoms. The highest BCUT2D eigenvalue weighted by atomic mass is 79.9. The molecule has 96 valence electrons. The summed E-state index contributed by atoms with van der Waals surface area (Å²) in [6.07, 6.45) is 1.56. The quantitative estimate of drug-likeness (QED) is 0.927. The molecule has 4 nitrogen and oxygen atoms in total. The average molecular weight is 347 g/mol. The fourth-order valence-corrected chi connectivity index (χ4v) is 4.64. The maximum atomic E-state index is 12.2. The van der Waals surface area contributed by atoms with Gasteiger partial charge >= 0.3 is 0 Å². The molecule has 0 aromatic carbocycles. The second kappa shape index (κ2) is 4.99. The Kier molecular flexibility index (Phi) is 3.74. The molecule has 0 saturated carbocycles. The number of sulfonamides is 1. The van der Waals surface area contributed by atoms with Gasteiger partial charge in [0, 0.05) is 6.20 Å². The second-order valence-electron chi connectivity index (χ2n) is 3.80. The molecule has 18 heavy (non-hydrogen) atoms. The number of nitrogens with one attached hydrogen (secondary N) is 1. The smallest absolute Gasteiger partial charge is 0.262 e. The zero-order valence-electron chi connectivity index (χ0n) is 9.77. The molecular formula is C11H11BrN2O2S2. The van der Waals surface area contributed by atoms with Crippen LogP contribution in [0.2, 0.25) is 0 Å². The van der Waals surface area contributed by atoms with E-state index in [4.69, 9.17) is 0 Å². The van der Waals surface area contributed by atoms with Crippen molar-refractivity contribution < 1.29 is 8.42 Å². The number of nitrogens with zero attached hydrogens (tertiary/aromatic N) is 1. The van der Waals surface area contributed by atoms with E-state index in [-0.39, 0.29) is 4.21 Å². The molecule has 0 bridgehead atoms. The van der Waals surface area contributed by atoms with Gasteiger partial charge in [-0.2, -0.15) is 0 Å². The van der Waals surface area contributed by atoms with Crippen LogP contribution < -0.4 is 4.72 Å². The van der Waals surface area contributed by atoms with Crippen molar-refractivity contribution in [2.75, 3.05) is 4.72 Å². The highest BCUT2D eigenvalue weighted by molar-refractivity contribution is 9.11. The molecule has 0 aliphatic heterocycles. The van der Waals surface area contributed by atoms with E-state index >= 15 is 0 Å². The molecule has 2 aromatic heterocycles. The Hall–Kier alpha value is -0.920. The number of hydrogen-bond acceptors (Lipinski definition) is 4. The molecule has 0 amide bonds. The molecule has 2 rings (SSSR count). The monoisotopic (exact) mass is 346 g/mol. The van der Waals surface area contributed by atoms with E-state index in [1.807, 2.05) is 6.92 Å². The van der Waals surface area contributed by atoms with Crippen LogP contribution in [0.3, 0.4) is 0 Å². The van der Waals surface area contributed by atoms with E-state index in [0.29, 0.717) is 5.82 Å². The van der Waals surface area contributed by atoms with Crippen molar-refractivity contribution in [1.29, 1.82) is 0 Å². The largest absolute Gasteiger partial charge is 0.272 e. The number of hydrogen-bond donors (Lipinski definition) is 1. The molecule has 1 N–H and O–H groups in total. The zero-order chi connectivity index (χ0) is 13.3. The normalized spacial score (nSPS) is 11.5. The van der Waals surface area contributed by atoms with Gasteiger partial charge in [0.05, 0.1) is 3.79 Å². The van der Waals surface area contributed by atoms with Crippen molar-refractivity contribution >= 4 is 43.1 Å². The van der Waals surface area contributed by atoms with Gasteiger partial charge < -0.3 is 0 Å². The zero-order valence-corrected chi connectivity index (χ0v) is 13.0. The number of aryl methyl sites for hydroxylation is 2. The Morgan fingerprint density at radius 1 is 1.33 bits per heavy atom. The molecule has 2 heterocycles. The van der Waals surface area contributed by atoms with Gasteiger partial charge in [-0.05, 0) is 53.0 Å². The van der Waals surface area contributed by atoms with E-state index in [1.54, 1.807) is 31.3 Å². The summed E-state index contributed by atoms with van der Waals surface area (Å²) in [6.45, 7) is 3.66. The fourth-order valence-electron chi connectivity index (χ4n) is 1.33. The first-order valence-corrected chi connectivity index (χ1v) is 8.20. The lowest BCUT2D eigenvalue weighted by atomic mass is 10.3. The third-order valence-electron chi connectivity index (χ3n) is 2.34. The Balaban J connectivity index is 2.36. The maximum absolute atomic E-state index is 12.2. The number of pyridine rings is 1. The standard InChI is InChI=1S/C11H11BrN2O2S2/c1-7-4-3-5-13-11(7)14-18(15,16)9-6-8(2)10(12)17-9/h3-6H,1-2H3,(H,13,14). The fraction of sp³-hybridized carbons (Fsp3) is 0.182. The number of aromatic nitrogens is 1. The molecule has 0 aliphatic carbocycles. The van der Waals surface area contributed by atoms with Gasteiger partial charge in [-0.25, -0.2) is 13.4 Å². The maximum Gasteiger partial charge on any atom is 0.272 e. The van der Waals surface area contributed by atoms with Crippen molar-refractivity contribution in [3.8, 4) is 0 Å². The molecule has 0 unspecified atom stereocenters. The third kappa shape index (κ3) is 2.73. The first-order valence-electron chi connectivity index (χ1n) is 5.10. The Morgan fingerprint density at radius 2 is 2.06 bits per heavy atom. The minimum atomic E-state index is -3.56. The van der Waals surface area contributed by atoms with Crippen LogP contribution in [0.15, 0.2) is 32.4 Å². The predicted molar refractivity (Wildman–Crippen MR) is 76.5 cm³/mol. The van der Waals surface area contributed by atoms with Crippen LogP contribution >= 0.6 is 27.3 Å². The summed E-state index contributed by atoms with van der Waals surface area (Å²) in [5.74, 6) is 0.361. The van der Waals surface area contributed by atoms with E-state index in [2.05, 4.69) is 25.6 Å². The van der Waals surface area contributed by atoms with Crippen LogP contribution in [0.4, 0.5) is 5.82 Å². The molecule has 0 fully saturated rings. The van der Waals surface area contributed by atoms with Crippen LogP contribution in [0.25, 0.3) is 0 Å². The van der Waals surface area contributed by atoms with Crippen molar-refractivity contribution in [1.82, 2.24) is 4.98 Å². The number of halogens is 1. The van der Waals surface area contributed by atoms with Crippen LogP contribution in [-0.2, 0) is 10.0 Å². The highest BCUT2D eigenvalue weighted by Crippen LogP contribution is 2.31. The minimum Gasteiger partial charge on any atom is -0.262 e. The van der Waals surface area contributed by atoms with Crippen molar-refractivity contribution in [3.05, 3.63) is 39.3 Å². The summed E-state index contributed by atoms with van der Waals surface area (Å²) in [6, 6.07) is 5.20. The third-order valence-corrected chi connectivity index (χ3v) is 6.29. The SMILES string of the molecule is Cc1cccnc1NS(=O)(=O)c1cc(C)c(Br)s1. The highest BCUT2D eigenvalue weighted by Gasteiger charge is 2.19.